The smallest absolute Gasteiger partial charge is 0.0883 e. The van der Waals surface area contributed by atoms with Crippen LogP contribution >= 0.6 is 0 Å². The second kappa shape index (κ2) is 7.61. The van der Waals surface area contributed by atoms with Crippen LogP contribution in [-0.4, -0.2) is 35.6 Å². The highest BCUT2D eigenvalue weighted by atomic mass is 16.5. The molecule has 0 aromatic heterocycles. The SMILES string of the molecule is CCOC[C@@]1(O)CC[C@H]2[C@H](CC[C@@H]3[C@@H]2CC[C@]2(C)[C@@H](C(C)CO)CC[C@@H]32)C1. The highest BCUT2D eigenvalue weighted by Gasteiger charge is 2.58. The first kappa shape index (κ1) is 20.2. The molecule has 0 heterocycles. The number of rotatable bonds is 5. The number of aliphatic hydroxyl groups is 2. The third-order valence-corrected chi connectivity index (χ3v) is 9.73. The van der Waals surface area contributed by atoms with Crippen LogP contribution in [0.1, 0.15) is 78.6 Å². The van der Waals surface area contributed by atoms with E-state index in [0.29, 0.717) is 43.0 Å². The third kappa shape index (κ3) is 3.40. The summed E-state index contributed by atoms with van der Waals surface area (Å²) < 4.78 is 5.61. The summed E-state index contributed by atoms with van der Waals surface area (Å²) in [6, 6.07) is 0. The van der Waals surface area contributed by atoms with E-state index < -0.39 is 5.60 Å². The monoisotopic (exact) mass is 378 g/mol. The molecule has 4 aliphatic rings. The quantitative estimate of drug-likeness (QED) is 0.732. The molecule has 0 spiro atoms. The molecule has 4 fully saturated rings. The minimum absolute atomic E-state index is 0.351. The Morgan fingerprint density at radius 3 is 2.52 bits per heavy atom. The predicted octanol–water partition coefficient (Wildman–Crippen LogP) is 4.65. The van der Waals surface area contributed by atoms with Gasteiger partial charge in [0.05, 0.1) is 12.2 Å². The first-order valence-corrected chi connectivity index (χ1v) is 11.8. The standard InChI is InChI=1S/C24H42O3/c1-4-27-15-24(26)12-10-18-17(13-24)5-6-20-19(18)9-11-23(3)21(16(2)14-25)7-8-22(20)23/h16-22,25-26H,4-15H2,1-3H3/t16?,17-,18+,19-,20-,21-,22+,23-,24-/m1/s1. The van der Waals surface area contributed by atoms with Crippen molar-refractivity contribution in [2.75, 3.05) is 19.8 Å². The van der Waals surface area contributed by atoms with Gasteiger partial charge < -0.3 is 14.9 Å². The van der Waals surface area contributed by atoms with Crippen LogP contribution < -0.4 is 0 Å². The lowest BCUT2D eigenvalue weighted by Gasteiger charge is -2.57. The molecule has 0 aliphatic heterocycles. The van der Waals surface area contributed by atoms with Crippen molar-refractivity contribution in [2.24, 2.45) is 46.8 Å². The molecule has 3 nitrogen and oxygen atoms in total. The van der Waals surface area contributed by atoms with E-state index in [4.69, 9.17) is 4.74 Å². The van der Waals surface area contributed by atoms with Crippen LogP contribution in [-0.2, 0) is 4.74 Å². The van der Waals surface area contributed by atoms with Gasteiger partial charge in [-0.3, -0.25) is 0 Å². The maximum atomic E-state index is 11.0. The van der Waals surface area contributed by atoms with Crippen molar-refractivity contribution in [1.82, 2.24) is 0 Å². The molecule has 1 unspecified atom stereocenters. The molecule has 27 heavy (non-hydrogen) atoms. The van der Waals surface area contributed by atoms with Gasteiger partial charge in [0.25, 0.3) is 0 Å². The Morgan fingerprint density at radius 1 is 1.00 bits per heavy atom. The summed E-state index contributed by atoms with van der Waals surface area (Å²) in [6.07, 6.45) is 11.3. The zero-order chi connectivity index (χ0) is 19.2. The van der Waals surface area contributed by atoms with Gasteiger partial charge in [-0.15, -0.1) is 0 Å². The molecule has 2 N–H and O–H groups in total. The Bertz CT molecular complexity index is 522. The van der Waals surface area contributed by atoms with Crippen molar-refractivity contribution >= 4 is 0 Å². The molecule has 4 aliphatic carbocycles. The topological polar surface area (TPSA) is 49.7 Å². The lowest BCUT2D eigenvalue weighted by Crippen LogP contribution is -2.52. The average Bonchev–Trinajstić information content (AvgIpc) is 3.02. The Kier molecular flexibility index (Phi) is 5.68. The summed E-state index contributed by atoms with van der Waals surface area (Å²) in [6.45, 7) is 8.43. The molecule has 0 bridgehead atoms. The molecule has 156 valence electrons. The van der Waals surface area contributed by atoms with Crippen molar-refractivity contribution in [3.63, 3.8) is 0 Å². The van der Waals surface area contributed by atoms with Crippen molar-refractivity contribution in [1.29, 1.82) is 0 Å². The molecular weight excluding hydrogens is 336 g/mol. The van der Waals surface area contributed by atoms with E-state index in [1.165, 1.54) is 44.9 Å². The van der Waals surface area contributed by atoms with Crippen molar-refractivity contribution in [2.45, 2.75) is 84.2 Å². The summed E-state index contributed by atoms with van der Waals surface area (Å²) in [4.78, 5) is 0. The van der Waals surface area contributed by atoms with Crippen LogP contribution in [0.2, 0.25) is 0 Å². The molecule has 0 aromatic rings. The van der Waals surface area contributed by atoms with Crippen LogP contribution in [0.15, 0.2) is 0 Å². The van der Waals surface area contributed by atoms with Crippen molar-refractivity contribution in [3.05, 3.63) is 0 Å². The van der Waals surface area contributed by atoms with E-state index in [2.05, 4.69) is 13.8 Å². The maximum absolute atomic E-state index is 11.0. The molecule has 4 rings (SSSR count). The average molecular weight is 379 g/mol. The third-order valence-electron chi connectivity index (χ3n) is 9.73. The number of aliphatic hydroxyl groups excluding tert-OH is 1. The summed E-state index contributed by atoms with van der Waals surface area (Å²) in [5.74, 6) is 5.39. The van der Waals surface area contributed by atoms with E-state index in [1.807, 2.05) is 6.92 Å². The zero-order valence-electron chi connectivity index (χ0n) is 17.8. The number of hydrogen-bond donors (Lipinski definition) is 2. The lowest BCUT2D eigenvalue weighted by atomic mass is 9.48. The minimum atomic E-state index is -0.567. The first-order chi connectivity index (χ1) is 12.9. The Balaban J connectivity index is 1.46. The zero-order valence-corrected chi connectivity index (χ0v) is 17.8. The van der Waals surface area contributed by atoms with E-state index in [-0.39, 0.29) is 0 Å². The minimum Gasteiger partial charge on any atom is -0.396 e. The Hall–Kier alpha value is -0.120. The highest BCUT2D eigenvalue weighted by Crippen LogP contribution is 2.65. The van der Waals surface area contributed by atoms with Crippen LogP contribution in [0, 0.1) is 46.8 Å². The maximum Gasteiger partial charge on any atom is 0.0883 e. The number of hydrogen-bond acceptors (Lipinski definition) is 3. The normalized spacial score (nSPS) is 50.6. The van der Waals surface area contributed by atoms with Crippen molar-refractivity contribution in [3.8, 4) is 0 Å². The highest BCUT2D eigenvalue weighted by molar-refractivity contribution is 5.07. The van der Waals surface area contributed by atoms with Crippen molar-refractivity contribution < 1.29 is 14.9 Å². The summed E-state index contributed by atoms with van der Waals surface area (Å²) in [7, 11) is 0. The molecule has 0 amide bonds. The van der Waals surface area contributed by atoms with Crippen LogP contribution in [0.4, 0.5) is 0 Å². The molecule has 3 heteroatoms. The molecule has 0 radical (unpaired) electrons. The lowest BCUT2D eigenvalue weighted by molar-refractivity contribution is -0.129. The van der Waals surface area contributed by atoms with E-state index in [0.717, 1.165) is 36.5 Å². The molecule has 0 saturated heterocycles. The van der Waals surface area contributed by atoms with Crippen LogP contribution in [0.3, 0.4) is 0 Å². The second-order valence-corrected chi connectivity index (χ2v) is 10.9. The summed E-state index contributed by atoms with van der Waals surface area (Å²) >= 11 is 0. The van der Waals surface area contributed by atoms with Crippen LogP contribution in [0.25, 0.3) is 0 Å². The summed E-state index contributed by atoms with van der Waals surface area (Å²) in [5, 5.41) is 20.8. The predicted molar refractivity (Wildman–Crippen MR) is 108 cm³/mol. The van der Waals surface area contributed by atoms with E-state index in [9.17, 15) is 10.2 Å². The van der Waals surface area contributed by atoms with Gasteiger partial charge in [0.2, 0.25) is 0 Å². The number of fused-ring (bicyclic) bond motifs is 5. The largest absolute Gasteiger partial charge is 0.396 e. The van der Waals surface area contributed by atoms with Gasteiger partial charge in [0.1, 0.15) is 0 Å². The van der Waals surface area contributed by atoms with Gasteiger partial charge >= 0.3 is 0 Å². The molecule has 4 saturated carbocycles. The Labute approximate surface area is 166 Å². The molecule has 0 aromatic carbocycles. The fraction of sp³-hybridized carbons (Fsp3) is 1.00. The van der Waals surface area contributed by atoms with Gasteiger partial charge in [0, 0.05) is 13.2 Å². The Morgan fingerprint density at radius 2 is 1.78 bits per heavy atom. The van der Waals surface area contributed by atoms with Gasteiger partial charge in [0.15, 0.2) is 0 Å². The van der Waals surface area contributed by atoms with Crippen LogP contribution in [0.5, 0.6) is 0 Å². The molecular formula is C24H42O3. The van der Waals surface area contributed by atoms with Gasteiger partial charge in [-0.25, -0.2) is 0 Å². The molecule has 9 atom stereocenters. The summed E-state index contributed by atoms with van der Waals surface area (Å²) in [5.41, 5.74) is -0.108. The van der Waals surface area contributed by atoms with E-state index >= 15 is 0 Å². The fourth-order valence-corrected chi connectivity index (χ4v) is 8.49. The first-order valence-electron chi connectivity index (χ1n) is 11.8. The van der Waals surface area contributed by atoms with Gasteiger partial charge in [-0.2, -0.15) is 0 Å². The fourth-order valence-electron chi connectivity index (χ4n) is 8.49. The van der Waals surface area contributed by atoms with Gasteiger partial charge in [-0.1, -0.05) is 13.8 Å². The van der Waals surface area contributed by atoms with Gasteiger partial charge in [-0.05, 0) is 112 Å². The second-order valence-electron chi connectivity index (χ2n) is 10.9. The number of ether oxygens (including phenoxy) is 1. The van der Waals surface area contributed by atoms with E-state index in [1.54, 1.807) is 0 Å².